The van der Waals surface area contributed by atoms with Crippen molar-refractivity contribution in [1.82, 2.24) is 14.5 Å². The first kappa shape index (κ1) is 18.2. The second kappa shape index (κ2) is 8.21. The summed E-state index contributed by atoms with van der Waals surface area (Å²) in [5.74, 6) is -0.109. The Morgan fingerprint density at radius 3 is 2.58 bits per heavy atom. The van der Waals surface area contributed by atoms with Crippen LogP contribution in [0.3, 0.4) is 0 Å². The first-order valence-corrected chi connectivity index (χ1v) is 9.14. The zero-order chi connectivity index (χ0) is 18.5. The third kappa shape index (κ3) is 3.98. The van der Waals surface area contributed by atoms with E-state index in [9.17, 15) is 14.4 Å². The molecule has 7 heteroatoms. The highest BCUT2D eigenvalue weighted by Gasteiger charge is 2.25. The van der Waals surface area contributed by atoms with Gasteiger partial charge in [-0.1, -0.05) is 12.1 Å². The molecule has 3 rings (SSSR count). The topological polar surface area (TPSA) is 84.4 Å². The Bertz CT molecular complexity index is 831. The predicted molar refractivity (Wildman–Crippen MR) is 97.9 cm³/mol. The lowest BCUT2D eigenvalue weighted by molar-refractivity contribution is -0.141. The average molecular weight is 359 g/mol. The van der Waals surface area contributed by atoms with E-state index < -0.39 is 0 Å². The summed E-state index contributed by atoms with van der Waals surface area (Å²) in [7, 11) is 1.37. The Labute approximate surface area is 151 Å². The van der Waals surface area contributed by atoms with E-state index in [2.05, 4.69) is 9.72 Å². The molecule has 2 heterocycles. The van der Waals surface area contributed by atoms with E-state index in [-0.39, 0.29) is 23.6 Å². The molecule has 0 unspecified atom stereocenters. The number of rotatable bonds is 6. The first-order valence-electron chi connectivity index (χ1n) is 9.14. The standard InChI is InChI=1S/C19H25N3O4/c1-26-18(24)9-5-4-8-17(23)21-12-10-14(11-13-21)22-16-7-3-2-6-15(16)20-19(22)25/h2-3,6-7,14H,4-5,8-13H2,1H3,(H,20,25). The summed E-state index contributed by atoms with van der Waals surface area (Å²) < 4.78 is 6.42. The minimum absolute atomic E-state index is 0.0845. The van der Waals surface area contributed by atoms with Gasteiger partial charge < -0.3 is 14.6 Å². The number of esters is 1. The van der Waals surface area contributed by atoms with Gasteiger partial charge in [0.2, 0.25) is 5.91 Å². The molecular weight excluding hydrogens is 334 g/mol. The Morgan fingerprint density at radius 1 is 1.15 bits per heavy atom. The number of H-pyrrole nitrogens is 1. The molecule has 0 bridgehead atoms. The van der Waals surface area contributed by atoms with E-state index in [1.807, 2.05) is 33.7 Å². The molecule has 0 atom stereocenters. The van der Waals surface area contributed by atoms with Gasteiger partial charge >= 0.3 is 11.7 Å². The van der Waals surface area contributed by atoms with Crippen molar-refractivity contribution >= 4 is 22.9 Å². The molecule has 1 amide bonds. The number of para-hydroxylation sites is 2. The third-order valence-electron chi connectivity index (χ3n) is 5.06. The lowest BCUT2D eigenvalue weighted by atomic mass is 10.0. The van der Waals surface area contributed by atoms with Crippen LogP contribution in [0.25, 0.3) is 11.0 Å². The molecule has 140 valence electrons. The van der Waals surface area contributed by atoms with Gasteiger partial charge in [0.1, 0.15) is 0 Å². The van der Waals surface area contributed by atoms with E-state index in [4.69, 9.17) is 0 Å². The Morgan fingerprint density at radius 2 is 1.85 bits per heavy atom. The molecule has 0 aliphatic carbocycles. The van der Waals surface area contributed by atoms with Crippen molar-refractivity contribution in [1.29, 1.82) is 0 Å². The van der Waals surface area contributed by atoms with E-state index >= 15 is 0 Å². The van der Waals surface area contributed by atoms with Crippen molar-refractivity contribution in [2.75, 3.05) is 20.2 Å². The molecule has 1 saturated heterocycles. The number of unbranched alkanes of at least 4 members (excludes halogenated alkanes) is 1. The molecule has 0 saturated carbocycles. The molecule has 1 fully saturated rings. The SMILES string of the molecule is COC(=O)CCCCC(=O)N1CCC(n2c(=O)[nH]c3ccccc32)CC1. The van der Waals surface area contributed by atoms with Gasteiger partial charge in [0.25, 0.3) is 0 Å². The van der Waals surface area contributed by atoms with Crippen LogP contribution < -0.4 is 5.69 Å². The maximum absolute atomic E-state index is 12.3. The summed E-state index contributed by atoms with van der Waals surface area (Å²) in [5, 5.41) is 0. The van der Waals surface area contributed by atoms with Crippen LogP contribution in [0.5, 0.6) is 0 Å². The molecule has 1 aromatic heterocycles. The van der Waals surface area contributed by atoms with Crippen molar-refractivity contribution in [2.45, 2.75) is 44.6 Å². The number of nitrogens with zero attached hydrogens (tertiary/aromatic N) is 2. The van der Waals surface area contributed by atoms with E-state index in [1.54, 1.807) is 0 Å². The zero-order valence-corrected chi connectivity index (χ0v) is 15.1. The molecule has 1 aromatic carbocycles. The Balaban J connectivity index is 1.52. The summed E-state index contributed by atoms with van der Waals surface area (Å²) in [6, 6.07) is 7.80. The summed E-state index contributed by atoms with van der Waals surface area (Å²) in [6.45, 7) is 1.32. The van der Waals surface area contributed by atoms with Crippen LogP contribution in [0.4, 0.5) is 0 Å². The number of carbonyl (C=O) groups excluding carboxylic acids is 2. The van der Waals surface area contributed by atoms with Crippen LogP contribution >= 0.6 is 0 Å². The number of fused-ring (bicyclic) bond motifs is 1. The minimum atomic E-state index is -0.234. The van der Waals surface area contributed by atoms with Crippen LogP contribution in [-0.4, -0.2) is 46.5 Å². The number of hydrogen-bond donors (Lipinski definition) is 1. The highest BCUT2D eigenvalue weighted by Crippen LogP contribution is 2.25. The maximum Gasteiger partial charge on any atom is 0.326 e. The molecule has 0 spiro atoms. The fraction of sp³-hybridized carbons (Fsp3) is 0.526. The normalized spacial score (nSPS) is 15.3. The van der Waals surface area contributed by atoms with Gasteiger partial charge in [-0.25, -0.2) is 4.79 Å². The molecule has 1 aliphatic heterocycles. The fourth-order valence-electron chi connectivity index (χ4n) is 3.62. The molecule has 26 heavy (non-hydrogen) atoms. The van der Waals surface area contributed by atoms with Gasteiger partial charge in [-0.15, -0.1) is 0 Å². The fourth-order valence-corrected chi connectivity index (χ4v) is 3.62. The number of benzene rings is 1. The van der Waals surface area contributed by atoms with Crippen molar-refractivity contribution in [3.8, 4) is 0 Å². The number of imidazole rings is 1. The van der Waals surface area contributed by atoms with Crippen LogP contribution in [0.2, 0.25) is 0 Å². The monoisotopic (exact) mass is 359 g/mol. The van der Waals surface area contributed by atoms with Crippen LogP contribution in [0.1, 0.15) is 44.6 Å². The lowest BCUT2D eigenvalue weighted by Crippen LogP contribution is -2.40. The smallest absolute Gasteiger partial charge is 0.326 e. The van der Waals surface area contributed by atoms with Crippen LogP contribution in [-0.2, 0) is 14.3 Å². The number of methoxy groups -OCH3 is 1. The van der Waals surface area contributed by atoms with Crippen molar-refractivity contribution in [2.24, 2.45) is 0 Å². The molecule has 1 N–H and O–H groups in total. The minimum Gasteiger partial charge on any atom is -0.469 e. The largest absolute Gasteiger partial charge is 0.469 e. The van der Waals surface area contributed by atoms with Gasteiger partial charge in [-0.05, 0) is 37.8 Å². The van der Waals surface area contributed by atoms with Crippen LogP contribution in [0.15, 0.2) is 29.1 Å². The summed E-state index contributed by atoms with van der Waals surface area (Å²) >= 11 is 0. The quantitative estimate of drug-likeness (QED) is 0.633. The summed E-state index contributed by atoms with van der Waals surface area (Å²) in [5.41, 5.74) is 1.69. The maximum atomic E-state index is 12.3. The lowest BCUT2D eigenvalue weighted by Gasteiger charge is -2.32. The molecule has 2 aromatic rings. The Hall–Kier alpha value is -2.57. The highest BCUT2D eigenvalue weighted by atomic mass is 16.5. The number of nitrogens with one attached hydrogen (secondary N) is 1. The average Bonchev–Trinajstić information content (AvgIpc) is 3.00. The van der Waals surface area contributed by atoms with E-state index in [1.165, 1.54) is 7.11 Å². The number of hydrogen-bond acceptors (Lipinski definition) is 4. The van der Waals surface area contributed by atoms with Crippen LogP contribution in [0, 0.1) is 0 Å². The zero-order valence-electron chi connectivity index (χ0n) is 15.1. The van der Waals surface area contributed by atoms with Gasteiger partial charge in [0.15, 0.2) is 0 Å². The number of amides is 1. The van der Waals surface area contributed by atoms with E-state index in [0.717, 1.165) is 23.9 Å². The van der Waals surface area contributed by atoms with Gasteiger partial charge in [-0.2, -0.15) is 0 Å². The number of aromatic nitrogens is 2. The number of carbonyl (C=O) groups is 2. The van der Waals surface area contributed by atoms with Crippen molar-refractivity contribution < 1.29 is 14.3 Å². The number of likely N-dealkylation sites (tertiary alicyclic amines) is 1. The third-order valence-corrected chi connectivity index (χ3v) is 5.06. The molecule has 7 nitrogen and oxygen atoms in total. The second-order valence-electron chi connectivity index (χ2n) is 6.71. The van der Waals surface area contributed by atoms with Gasteiger partial charge in [-0.3, -0.25) is 14.2 Å². The van der Waals surface area contributed by atoms with E-state index in [0.29, 0.717) is 38.8 Å². The summed E-state index contributed by atoms with van der Waals surface area (Å²) in [4.78, 5) is 40.5. The number of aromatic amines is 1. The Kier molecular flexibility index (Phi) is 5.75. The first-order chi connectivity index (χ1) is 12.6. The van der Waals surface area contributed by atoms with Gasteiger partial charge in [0, 0.05) is 32.0 Å². The molecule has 1 aliphatic rings. The number of piperidine rings is 1. The van der Waals surface area contributed by atoms with Crippen molar-refractivity contribution in [3.05, 3.63) is 34.7 Å². The molecule has 0 radical (unpaired) electrons. The summed E-state index contributed by atoms with van der Waals surface area (Å²) in [6.07, 6.45) is 3.71. The second-order valence-corrected chi connectivity index (χ2v) is 6.71. The highest BCUT2D eigenvalue weighted by molar-refractivity contribution is 5.77. The van der Waals surface area contributed by atoms with Crippen molar-refractivity contribution in [3.63, 3.8) is 0 Å². The molecular formula is C19H25N3O4. The van der Waals surface area contributed by atoms with Gasteiger partial charge in [0.05, 0.1) is 18.1 Å². The number of ether oxygens (including phenoxy) is 1. The predicted octanol–water partition coefficient (Wildman–Crippen LogP) is 2.23.